The fraction of sp³-hybridized carbons (Fsp3) is 0.0962. The van der Waals surface area contributed by atoms with Crippen LogP contribution in [0.1, 0.15) is 55.2 Å². The number of anilines is 3. The number of nitrogens with one attached hydrogen (secondary N) is 2. The van der Waals surface area contributed by atoms with Gasteiger partial charge in [0, 0.05) is 11.7 Å². The Balaban J connectivity index is 1.04. The molecule has 7 aromatic rings. The number of fused-ring (bicyclic) bond motifs is 1. The molecule has 0 bridgehead atoms. The molecule has 0 saturated heterocycles. The highest BCUT2D eigenvalue weighted by Crippen LogP contribution is 2.46. The summed E-state index contributed by atoms with van der Waals surface area (Å²) in [6, 6.07) is 52.0. The molecule has 1 heterocycles. The van der Waals surface area contributed by atoms with Gasteiger partial charge in [-0.1, -0.05) is 140 Å². The highest BCUT2D eigenvalue weighted by Gasteiger charge is 2.31. The van der Waals surface area contributed by atoms with Crippen LogP contribution in [-0.4, -0.2) is 0 Å². The molecule has 56 heavy (non-hydrogen) atoms. The predicted octanol–water partition coefficient (Wildman–Crippen LogP) is 12.7. The molecule has 4 heteroatoms. The van der Waals surface area contributed by atoms with Crippen molar-refractivity contribution in [2.24, 2.45) is 0 Å². The van der Waals surface area contributed by atoms with Gasteiger partial charge in [0.15, 0.2) is 0 Å². The van der Waals surface area contributed by atoms with Gasteiger partial charge in [0.05, 0.1) is 23.0 Å². The van der Waals surface area contributed by atoms with Gasteiger partial charge >= 0.3 is 0 Å². The van der Waals surface area contributed by atoms with E-state index >= 15 is 0 Å². The Morgan fingerprint density at radius 1 is 0.804 bits per heavy atom. The summed E-state index contributed by atoms with van der Waals surface area (Å²) < 4.78 is 0. The van der Waals surface area contributed by atoms with Gasteiger partial charge in [0.2, 0.25) is 0 Å². The molecule has 7 aromatic carbocycles. The SMILES string of the molecule is C=C(C)/C=C\C=C/NC(C)c1ccc(-c2ccc3cccc4/c(=C\C=C(/C)c5ccc(C6Nc7ccccc7N6c6ccc(C#N)cc6)cc5)ccc2c34)cc1. The monoisotopic (exact) mass is 724 g/mol. The van der Waals surface area contributed by atoms with E-state index in [9.17, 15) is 5.26 Å². The zero-order chi connectivity index (χ0) is 38.6. The Bertz CT molecular complexity index is 2740. The molecule has 2 N–H and O–H groups in total. The van der Waals surface area contributed by atoms with Crippen molar-refractivity contribution in [3.63, 3.8) is 0 Å². The first kappa shape index (κ1) is 35.9. The maximum atomic E-state index is 9.35. The van der Waals surface area contributed by atoms with E-state index in [0.29, 0.717) is 5.56 Å². The van der Waals surface area contributed by atoms with E-state index in [1.165, 1.54) is 54.6 Å². The zero-order valence-electron chi connectivity index (χ0n) is 32.0. The van der Waals surface area contributed by atoms with E-state index in [1.54, 1.807) is 0 Å². The molecule has 2 atom stereocenters. The van der Waals surface area contributed by atoms with Gasteiger partial charge < -0.3 is 15.5 Å². The van der Waals surface area contributed by atoms with Crippen LogP contribution in [0.5, 0.6) is 0 Å². The van der Waals surface area contributed by atoms with Crippen LogP contribution in [0.2, 0.25) is 0 Å². The quantitative estimate of drug-likeness (QED) is 0.138. The molecule has 8 rings (SSSR count). The average Bonchev–Trinajstić information content (AvgIpc) is 3.63. The molecule has 0 saturated carbocycles. The van der Waals surface area contributed by atoms with Gasteiger partial charge in [-0.25, -0.2) is 0 Å². The maximum Gasteiger partial charge on any atom is 0.130 e. The standard InChI is InChI=1S/C52H44N4/c1-35(2)10-7-8-33-54-37(4)40-21-23-41(24-22-40)46-31-28-43-11-9-12-47-42(27-32-48(46)51(43)47)18-15-36(3)39-19-25-44(26-20-39)52-55-49-13-5-6-14-50(49)56(52)45-29-16-38(34-53)17-30-45/h5-33,37,52,54-55H,1H2,2-4H3/b10-7-,33-8-,36-15+,42-18-. The summed E-state index contributed by atoms with van der Waals surface area (Å²) in [4.78, 5) is 2.30. The van der Waals surface area contributed by atoms with Crippen molar-refractivity contribution in [1.82, 2.24) is 5.32 Å². The molecule has 1 aliphatic heterocycles. The maximum absolute atomic E-state index is 9.35. The molecule has 1 aliphatic rings. The second-order valence-electron chi connectivity index (χ2n) is 14.5. The van der Waals surface area contributed by atoms with Crippen LogP contribution in [0, 0.1) is 11.3 Å². The second-order valence-corrected chi connectivity index (χ2v) is 14.5. The Kier molecular flexibility index (Phi) is 10.1. The summed E-state index contributed by atoms with van der Waals surface area (Å²) in [6.07, 6.45) is 12.4. The number of allylic oxidation sites excluding steroid dienone is 6. The van der Waals surface area contributed by atoms with Gasteiger partial charge in [-0.15, -0.1) is 0 Å². The summed E-state index contributed by atoms with van der Waals surface area (Å²) in [7, 11) is 0. The lowest BCUT2D eigenvalue weighted by molar-refractivity contribution is 0.686. The van der Waals surface area contributed by atoms with E-state index < -0.39 is 0 Å². The van der Waals surface area contributed by atoms with E-state index in [1.807, 2.05) is 55.6 Å². The van der Waals surface area contributed by atoms with Crippen LogP contribution < -0.4 is 20.8 Å². The lowest BCUT2D eigenvalue weighted by atomic mass is 9.91. The van der Waals surface area contributed by atoms with Gasteiger partial charge in [-0.2, -0.15) is 5.26 Å². The first-order valence-electron chi connectivity index (χ1n) is 19.1. The smallest absolute Gasteiger partial charge is 0.130 e. The number of para-hydroxylation sites is 2. The summed E-state index contributed by atoms with van der Waals surface area (Å²) in [5, 5.41) is 22.8. The highest BCUT2D eigenvalue weighted by molar-refractivity contribution is 6.15. The third-order valence-corrected chi connectivity index (χ3v) is 10.7. The molecule has 272 valence electrons. The summed E-state index contributed by atoms with van der Waals surface area (Å²) in [6.45, 7) is 10.2. The van der Waals surface area contributed by atoms with Crippen LogP contribution in [0.25, 0.3) is 44.3 Å². The van der Waals surface area contributed by atoms with Crippen LogP contribution >= 0.6 is 0 Å². The summed E-state index contributed by atoms with van der Waals surface area (Å²) >= 11 is 0. The third-order valence-electron chi connectivity index (χ3n) is 10.7. The molecule has 0 fully saturated rings. The molecule has 4 nitrogen and oxygen atoms in total. The predicted molar refractivity (Wildman–Crippen MR) is 237 cm³/mol. The number of hydrogen-bond donors (Lipinski definition) is 2. The highest BCUT2D eigenvalue weighted by atomic mass is 15.3. The van der Waals surface area contributed by atoms with E-state index in [0.717, 1.165) is 28.2 Å². The topological polar surface area (TPSA) is 51.1 Å². The average molecular weight is 725 g/mol. The van der Waals surface area contributed by atoms with Crippen LogP contribution in [0.3, 0.4) is 0 Å². The molecular weight excluding hydrogens is 681 g/mol. The van der Waals surface area contributed by atoms with E-state index in [2.05, 4.69) is 169 Å². The Morgan fingerprint density at radius 3 is 2.36 bits per heavy atom. The molecule has 0 aliphatic carbocycles. The Morgan fingerprint density at radius 2 is 1.59 bits per heavy atom. The largest absolute Gasteiger partial charge is 0.384 e. The first-order valence-corrected chi connectivity index (χ1v) is 19.1. The number of nitriles is 1. The number of rotatable bonds is 10. The van der Waals surface area contributed by atoms with Crippen molar-refractivity contribution in [2.45, 2.75) is 33.0 Å². The van der Waals surface area contributed by atoms with Crippen molar-refractivity contribution >= 4 is 50.3 Å². The third kappa shape index (κ3) is 7.23. The second kappa shape index (κ2) is 15.7. The minimum Gasteiger partial charge on any atom is -0.384 e. The molecule has 0 spiro atoms. The normalized spacial score (nSPS) is 15.0. The van der Waals surface area contributed by atoms with Crippen LogP contribution in [0.15, 0.2) is 182 Å². The fourth-order valence-electron chi connectivity index (χ4n) is 7.62. The van der Waals surface area contributed by atoms with E-state index in [-0.39, 0.29) is 12.2 Å². The minimum atomic E-state index is -0.0701. The molecule has 2 unspecified atom stereocenters. The van der Waals surface area contributed by atoms with Gasteiger partial charge in [0.1, 0.15) is 6.17 Å². The number of benzene rings is 7. The first-order chi connectivity index (χ1) is 27.4. The van der Waals surface area contributed by atoms with Gasteiger partial charge in [-0.3, -0.25) is 0 Å². The Hall–Kier alpha value is -7.09. The minimum absolute atomic E-state index is 0.0701. The van der Waals surface area contributed by atoms with Crippen LogP contribution in [0.4, 0.5) is 17.1 Å². The lowest BCUT2D eigenvalue weighted by Gasteiger charge is -2.27. The van der Waals surface area contributed by atoms with Crippen molar-refractivity contribution in [3.8, 4) is 17.2 Å². The van der Waals surface area contributed by atoms with E-state index in [4.69, 9.17) is 0 Å². The van der Waals surface area contributed by atoms with Crippen molar-refractivity contribution < 1.29 is 0 Å². The fourth-order valence-corrected chi connectivity index (χ4v) is 7.62. The van der Waals surface area contributed by atoms with Crippen molar-refractivity contribution in [3.05, 3.63) is 210 Å². The molecule has 0 amide bonds. The Labute approximate surface area is 329 Å². The summed E-state index contributed by atoms with van der Waals surface area (Å²) in [5.74, 6) is 0. The lowest BCUT2D eigenvalue weighted by Crippen LogP contribution is -2.23. The van der Waals surface area contributed by atoms with Gasteiger partial charge in [-0.05, 0) is 130 Å². The number of nitrogens with zero attached hydrogens (tertiary/aromatic N) is 2. The van der Waals surface area contributed by atoms with Gasteiger partial charge in [0.25, 0.3) is 0 Å². The zero-order valence-corrected chi connectivity index (χ0v) is 32.0. The summed E-state index contributed by atoms with van der Waals surface area (Å²) in [5.41, 5.74) is 12.1. The molecular formula is C52H44N4. The van der Waals surface area contributed by atoms with Crippen LogP contribution in [-0.2, 0) is 0 Å². The van der Waals surface area contributed by atoms with Crippen molar-refractivity contribution in [1.29, 1.82) is 5.26 Å². The van der Waals surface area contributed by atoms with Crippen molar-refractivity contribution in [2.75, 3.05) is 10.2 Å². The molecule has 0 radical (unpaired) electrons. The molecule has 0 aromatic heterocycles. The number of hydrogen-bond acceptors (Lipinski definition) is 4.